The van der Waals surface area contributed by atoms with Gasteiger partial charge in [-0.1, -0.05) is 54.4 Å². The largest absolute Gasteiger partial charge is 0.346 e. The Hall–Kier alpha value is -2.62. The van der Waals surface area contributed by atoms with E-state index in [9.17, 15) is 0 Å². The number of hydrogen-bond acceptors (Lipinski definition) is 2. The number of aromatic nitrogens is 2. The molecule has 0 N–H and O–H groups in total. The first kappa shape index (κ1) is 19.3. The van der Waals surface area contributed by atoms with Gasteiger partial charge in [0.2, 0.25) is 0 Å². The summed E-state index contributed by atoms with van der Waals surface area (Å²) < 4.78 is 2.36. The molecule has 0 amide bonds. The van der Waals surface area contributed by atoms with Crippen LogP contribution in [0.1, 0.15) is 19.3 Å². The minimum atomic E-state index is 0.796. The number of likely N-dealkylation sites (tertiary alicyclic amines) is 1. The highest BCUT2D eigenvalue weighted by Crippen LogP contribution is 2.36. The van der Waals surface area contributed by atoms with Crippen molar-refractivity contribution >= 4 is 22.5 Å². The number of fused-ring (bicyclic) bond motifs is 1. The normalized spacial score (nSPS) is 15.0. The molecule has 1 aliphatic rings. The standard InChI is InChI=1S/C26H26ClN3/c27-24-10-7-11-25-26(24)23(19-30(25)15-14-29-12-5-2-6-13-29)22-16-21(17-28-18-22)20-8-3-1-4-9-20/h1,3-4,7-11,16-19H,2,5-6,12-15H2. The molecule has 3 heterocycles. The average molecular weight is 416 g/mol. The highest BCUT2D eigenvalue weighted by molar-refractivity contribution is 6.36. The van der Waals surface area contributed by atoms with Crippen LogP contribution in [-0.4, -0.2) is 34.1 Å². The van der Waals surface area contributed by atoms with Gasteiger partial charge in [0.05, 0.1) is 10.5 Å². The summed E-state index contributed by atoms with van der Waals surface area (Å²) in [6.07, 6.45) is 10.1. The molecule has 4 heteroatoms. The Morgan fingerprint density at radius 1 is 0.800 bits per heavy atom. The van der Waals surface area contributed by atoms with Gasteiger partial charge < -0.3 is 9.47 Å². The summed E-state index contributed by atoms with van der Waals surface area (Å²) in [5.41, 5.74) is 5.74. The van der Waals surface area contributed by atoms with Crippen molar-refractivity contribution in [3.63, 3.8) is 0 Å². The van der Waals surface area contributed by atoms with E-state index in [1.165, 1.54) is 43.4 Å². The molecule has 0 radical (unpaired) electrons. The second-order valence-electron chi connectivity index (χ2n) is 8.10. The average Bonchev–Trinajstić information content (AvgIpc) is 3.19. The van der Waals surface area contributed by atoms with E-state index in [0.717, 1.165) is 40.2 Å². The zero-order chi connectivity index (χ0) is 20.3. The van der Waals surface area contributed by atoms with E-state index >= 15 is 0 Å². The predicted molar refractivity (Wildman–Crippen MR) is 126 cm³/mol. The van der Waals surface area contributed by atoms with Crippen molar-refractivity contribution < 1.29 is 0 Å². The fourth-order valence-electron chi connectivity index (χ4n) is 4.52. The highest BCUT2D eigenvalue weighted by Gasteiger charge is 2.16. The number of rotatable bonds is 5. The number of piperidine rings is 1. The minimum Gasteiger partial charge on any atom is -0.346 e. The summed E-state index contributed by atoms with van der Waals surface area (Å²) in [6, 6.07) is 18.8. The lowest BCUT2D eigenvalue weighted by Crippen LogP contribution is -2.32. The van der Waals surface area contributed by atoms with Gasteiger partial charge >= 0.3 is 0 Å². The van der Waals surface area contributed by atoms with Crippen LogP contribution in [0, 0.1) is 0 Å². The van der Waals surface area contributed by atoms with Gasteiger partial charge in [0.25, 0.3) is 0 Å². The molecule has 30 heavy (non-hydrogen) atoms. The smallest absolute Gasteiger partial charge is 0.0506 e. The van der Waals surface area contributed by atoms with Gasteiger partial charge in [-0.05, 0) is 49.7 Å². The van der Waals surface area contributed by atoms with Crippen LogP contribution in [0.2, 0.25) is 5.02 Å². The first-order chi connectivity index (χ1) is 14.8. The molecule has 0 atom stereocenters. The van der Waals surface area contributed by atoms with E-state index < -0.39 is 0 Å². The summed E-state index contributed by atoms with van der Waals surface area (Å²) in [5, 5.41) is 1.91. The molecular formula is C26H26ClN3. The third-order valence-electron chi connectivity index (χ3n) is 6.12. The third kappa shape index (κ3) is 3.88. The van der Waals surface area contributed by atoms with Crippen LogP contribution in [-0.2, 0) is 6.54 Å². The van der Waals surface area contributed by atoms with Crippen LogP contribution in [0.25, 0.3) is 33.2 Å². The van der Waals surface area contributed by atoms with E-state index in [1.807, 2.05) is 30.6 Å². The third-order valence-corrected chi connectivity index (χ3v) is 6.43. The number of halogens is 1. The second kappa shape index (κ2) is 8.63. The van der Waals surface area contributed by atoms with Crippen molar-refractivity contribution in [1.82, 2.24) is 14.5 Å². The van der Waals surface area contributed by atoms with Gasteiger partial charge in [-0.15, -0.1) is 0 Å². The van der Waals surface area contributed by atoms with Crippen molar-refractivity contribution in [2.45, 2.75) is 25.8 Å². The molecule has 2 aromatic heterocycles. The van der Waals surface area contributed by atoms with Crippen molar-refractivity contribution in [2.24, 2.45) is 0 Å². The first-order valence-corrected chi connectivity index (χ1v) is 11.2. The first-order valence-electron chi connectivity index (χ1n) is 10.8. The molecule has 0 saturated carbocycles. The maximum Gasteiger partial charge on any atom is 0.0506 e. The maximum absolute atomic E-state index is 6.69. The molecule has 5 rings (SSSR count). The summed E-state index contributed by atoms with van der Waals surface area (Å²) in [4.78, 5) is 7.12. The molecule has 0 aliphatic carbocycles. The zero-order valence-corrected chi connectivity index (χ0v) is 17.9. The van der Waals surface area contributed by atoms with Crippen molar-refractivity contribution in [3.05, 3.63) is 78.2 Å². The SMILES string of the molecule is Clc1cccc2c1c(-c1cncc(-c3ccccc3)c1)cn2CCN1CCCCC1. The Labute approximate surface area is 182 Å². The van der Waals surface area contributed by atoms with Gasteiger partial charge in [-0.25, -0.2) is 0 Å². The molecule has 0 spiro atoms. The zero-order valence-electron chi connectivity index (χ0n) is 17.1. The van der Waals surface area contributed by atoms with Gasteiger partial charge in [0.15, 0.2) is 0 Å². The van der Waals surface area contributed by atoms with Gasteiger partial charge in [0, 0.05) is 53.8 Å². The molecular weight excluding hydrogens is 390 g/mol. The molecule has 1 fully saturated rings. The lowest BCUT2D eigenvalue weighted by Gasteiger charge is -2.26. The fraction of sp³-hybridized carbons (Fsp3) is 0.269. The molecule has 1 aliphatic heterocycles. The molecule has 3 nitrogen and oxygen atoms in total. The molecule has 1 saturated heterocycles. The van der Waals surface area contributed by atoms with Crippen LogP contribution < -0.4 is 0 Å². The Bertz CT molecular complexity index is 1140. The minimum absolute atomic E-state index is 0.796. The lowest BCUT2D eigenvalue weighted by molar-refractivity contribution is 0.222. The molecule has 0 unspecified atom stereocenters. The Balaban J connectivity index is 1.53. The Morgan fingerprint density at radius 2 is 1.60 bits per heavy atom. The van der Waals surface area contributed by atoms with E-state index in [1.54, 1.807) is 0 Å². The van der Waals surface area contributed by atoms with E-state index in [0.29, 0.717) is 0 Å². The van der Waals surface area contributed by atoms with Crippen molar-refractivity contribution in [1.29, 1.82) is 0 Å². The van der Waals surface area contributed by atoms with Crippen LogP contribution in [0.15, 0.2) is 73.2 Å². The van der Waals surface area contributed by atoms with Crippen molar-refractivity contribution in [3.8, 4) is 22.3 Å². The lowest BCUT2D eigenvalue weighted by atomic mass is 10.0. The van der Waals surface area contributed by atoms with Crippen LogP contribution in [0.5, 0.6) is 0 Å². The number of benzene rings is 2. The quantitative estimate of drug-likeness (QED) is 0.370. The van der Waals surface area contributed by atoms with Gasteiger partial charge in [-0.3, -0.25) is 4.98 Å². The maximum atomic E-state index is 6.69. The van der Waals surface area contributed by atoms with E-state index in [-0.39, 0.29) is 0 Å². The summed E-state index contributed by atoms with van der Waals surface area (Å²) in [7, 11) is 0. The monoisotopic (exact) mass is 415 g/mol. The Kier molecular flexibility index (Phi) is 5.56. The number of hydrogen-bond donors (Lipinski definition) is 0. The summed E-state index contributed by atoms with van der Waals surface area (Å²) >= 11 is 6.69. The Morgan fingerprint density at radius 3 is 2.43 bits per heavy atom. The van der Waals surface area contributed by atoms with Crippen LogP contribution in [0.4, 0.5) is 0 Å². The van der Waals surface area contributed by atoms with Crippen LogP contribution in [0.3, 0.4) is 0 Å². The van der Waals surface area contributed by atoms with E-state index in [2.05, 4.69) is 57.0 Å². The summed E-state index contributed by atoms with van der Waals surface area (Å²) in [5.74, 6) is 0. The molecule has 0 bridgehead atoms. The number of pyridine rings is 1. The predicted octanol–water partition coefficient (Wildman–Crippen LogP) is 6.51. The van der Waals surface area contributed by atoms with Gasteiger partial charge in [-0.2, -0.15) is 0 Å². The second-order valence-corrected chi connectivity index (χ2v) is 8.51. The highest BCUT2D eigenvalue weighted by atomic mass is 35.5. The molecule has 4 aromatic rings. The van der Waals surface area contributed by atoms with E-state index in [4.69, 9.17) is 11.6 Å². The topological polar surface area (TPSA) is 21.1 Å². The van der Waals surface area contributed by atoms with Crippen molar-refractivity contribution in [2.75, 3.05) is 19.6 Å². The number of nitrogens with zero attached hydrogens (tertiary/aromatic N) is 3. The molecule has 152 valence electrons. The van der Waals surface area contributed by atoms with Gasteiger partial charge in [0.1, 0.15) is 0 Å². The fourth-order valence-corrected chi connectivity index (χ4v) is 4.79. The molecule has 2 aromatic carbocycles. The summed E-state index contributed by atoms with van der Waals surface area (Å²) in [6.45, 7) is 4.49. The van der Waals surface area contributed by atoms with Crippen LogP contribution >= 0.6 is 11.6 Å².